The van der Waals surface area contributed by atoms with Gasteiger partial charge < -0.3 is 10.1 Å². The topological polar surface area (TPSA) is 34.1 Å². The SMILES string of the molecule is C[C@H](NCCCC1CCCO1)c1ccncc1. The second-order valence-corrected chi connectivity index (χ2v) is 4.73. The van der Waals surface area contributed by atoms with Crippen LogP contribution in [-0.2, 0) is 4.74 Å². The van der Waals surface area contributed by atoms with Crippen molar-refractivity contribution in [2.75, 3.05) is 13.2 Å². The van der Waals surface area contributed by atoms with E-state index in [4.69, 9.17) is 4.74 Å². The third-order valence-corrected chi connectivity index (χ3v) is 3.38. The van der Waals surface area contributed by atoms with Crippen LogP contribution in [0.3, 0.4) is 0 Å². The van der Waals surface area contributed by atoms with Gasteiger partial charge in [-0.2, -0.15) is 0 Å². The van der Waals surface area contributed by atoms with Gasteiger partial charge >= 0.3 is 0 Å². The Kier molecular flexibility index (Phi) is 4.95. The molecule has 1 unspecified atom stereocenters. The molecule has 3 nitrogen and oxygen atoms in total. The molecule has 1 fully saturated rings. The number of rotatable bonds is 6. The van der Waals surface area contributed by atoms with Crippen molar-refractivity contribution < 1.29 is 4.74 Å². The maximum absolute atomic E-state index is 5.61. The average molecular weight is 234 g/mol. The largest absolute Gasteiger partial charge is 0.378 e. The van der Waals surface area contributed by atoms with E-state index in [1.165, 1.54) is 31.2 Å². The molecule has 3 heteroatoms. The number of ether oxygens (including phenoxy) is 1. The van der Waals surface area contributed by atoms with Gasteiger partial charge in [0.15, 0.2) is 0 Å². The summed E-state index contributed by atoms with van der Waals surface area (Å²) < 4.78 is 5.61. The van der Waals surface area contributed by atoms with Gasteiger partial charge in [-0.15, -0.1) is 0 Å². The number of nitrogens with one attached hydrogen (secondary N) is 1. The first-order chi connectivity index (χ1) is 8.36. The standard InChI is InChI=1S/C14H22N2O/c1-12(13-6-9-15-10-7-13)16-8-2-4-14-5-3-11-17-14/h6-7,9-10,12,14,16H,2-5,8,11H2,1H3/t12-,14?/m0/s1. The molecule has 0 saturated carbocycles. The van der Waals surface area contributed by atoms with Crippen LogP contribution in [0.4, 0.5) is 0 Å². The van der Waals surface area contributed by atoms with Crippen molar-refractivity contribution in [1.82, 2.24) is 10.3 Å². The molecule has 2 heterocycles. The lowest BCUT2D eigenvalue weighted by molar-refractivity contribution is 0.102. The summed E-state index contributed by atoms with van der Waals surface area (Å²) in [5.41, 5.74) is 1.30. The molecule has 17 heavy (non-hydrogen) atoms. The minimum absolute atomic E-state index is 0.405. The smallest absolute Gasteiger partial charge is 0.0576 e. The summed E-state index contributed by atoms with van der Waals surface area (Å²) in [6.45, 7) is 4.22. The Morgan fingerprint density at radius 3 is 3.00 bits per heavy atom. The van der Waals surface area contributed by atoms with Crippen molar-refractivity contribution in [3.8, 4) is 0 Å². The van der Waals surface area contributed by atoms with Crippen molar-refractivity contribution in [3.63, 3.8) is 0 Å². The highest BCUT2D eigenvalue weighted by atomic mass is 16.5. The summed E-state index contributed by atoms with van der Waals surface area (Å²) in [4.78, 5) is 4.03. The van der Waals surface area contributed by atoms with Crippen molar-refractivity contribution >= 4 is 0 Å². The quantitative estimate of drug-likeness (QED) is 0.768. The molecule has 0 bridgehead atoms. The van der Waals surface area contributed by atoms with Crippen LogP contribution in [0.2, 0.25) is 0 Å². The summed E-state index contributed by atoms with van der Waals surface area (Å²) in [5.74, 6) is 0. The van der Waals surface area contributed by atoms with Crippen LogP contribution in [0.1, 0.15) is 44.2 Å². The summed E-state index contributed by atoms with van der Waals surface area (Å²) in [5, 5.41) is 3.54. The van der Waals surface area contributed by atoms with Crippen LogP contribution in [0.15, 0.2) is 24.5 Å². The molecule has 0 amide bonds. The van der Waals surface area contributed by atoms with Crippen LogP contribution in [-0.4, -0.2) is 24.2 Å². The van der Waals surface area contributed by atoms with Gasteiger partial charge in [0.2, 0.25) is 0 Å². The van der Waals surface area contributed by atoms with Crippen molar-refractivity contribution in [1.29, 1.82) is 0 Å². The second-order valence-electron chi connectivity index (χ2n) is 4.73. The highest BCUT2D eigenvalue weighted by Gasteiger charge is 2.14. The Hall–Kier alpha value is -0.930. The van der Waals surface area contributed by atoms with Gasteiger partial charge in [-0.25, -0.2) is 0 Å². The lowest BCUT2D eigenvalue weighted by Gasteiger charge is -2.15. The molecule has 94 valence electrons. The molecule has 1 saturated heterocycles. The molecular weight excluding hydrogens is 212 g/mol. The first kappa shape index (κ1) is 12.5. The third-order valence-electron chi connectivity index (χ3n) is 3.38. The third kappa shape index (κ3) is 4.10. The van der Waals surface area contributed by atoms with E-state index in [2.05, 4.69) is 29.4 Å². The van der Waals surface area contributed by atoms with Crippen LogP contribution in [0, 0.1) is 0 Å². The first-order valence-electron chi connectivity index (χ1n) is 6.61. The van der Waals surface area contributed by atoms with Gasteiger partial charge in [-0.3, -0.25) is 4.98 Å². The predicted octanol–water partition coefficient (Wildman–Crippen LogP) is 2.69. The lowest BCUT2D eigenvalue weighted by atomic mass is 10.1. The Labute approximate surface area is 104 Å². The molecule has 2 rings (SSSR count). The number of hydrogen-bond donors (Lipinski definition) is 1. The molecule has 1 N–H and O–H groups in total. The Bertz CT molecular complexity index is 309. The first-order valence-corrected chi connectivity index (χ1v) is 6.61. The molecule has 0 spiro atoms. The fourth-order valence-electron chi connectivity index (χ4n) is 2.29. The molecular formula is C14H22N2O. The summed E-state index contributed by atoms with van der Waals surface area (Å²) >= 11 is 0. The maximum Gasteiger partial charge on any atom is 0.0576 e. The molecule has 1 aromatic heterocycles. The minimum atomic E-state index is 0.405. The molecule has 0 aromatic carbocycles. The van der Waals surface area contributed by atoms with Crippen molar-refractivity contribution in [3.05, 3.63) is 30.1 Å². The van der Waals surface area contributed by atoms with E-state index >= 15 is 0 Å². The number of nitrogens with zero attached hydrogens (tertiary/aromatic N) is 1. The fourth-order valence-corrected chi connectivity index (χ4v) is 2.29. The fraction of sp³-hybridized carbons (Fsp3) is 0.643. The van der Waals surface area contributed by atoms with Gasteiger partial charge in [0.05, 0.1) is 6.10 Å². The second kappa shape index (κ2) is 6.72. The normalized spacial score (nSPS) is 21.6. The molecule has 0 radical (unpaired) electrons. The van der Waals surface area contributed by atoms with E-state index in [0.29, 0.717) is 12.1 Å². The van der Waals surface area contributed by atoms with E-state index in [0.717, 1.165) is 13.2 Å². The average Bonchev–Trinajstić information content (AvgIpc) is 2.88. The van der Waals surface area contributed by atoms with E-state index in [1.807, 2.05) is 12.4 Å². The van der Waals surface area contributed by atoms with E-state index in [-0.39, 0.29) is 0 Å². The van der Waals surface area contributed by atoms with Gasteiger partial charge in [-0.1, -0.05) is 0 Å². The van der Waals surface area contributed by atoms with E-state index < -0.39 is 0 Å². The zero-order valence-corrected chi connectivity index (χ0v) is 10.6. The van der Waals surface area contributed by atoms with Crippen LogP contribution >= 0.6 is 0 Å². The van der Waals surface area contributed by atoms with Gasteiger partial charge in [0.25, 0.3) is 0 Å². The molecule has 1 aliphatic rings. The maximum atomic E-state index is 5.61. The monoisotopic (exact) mass is 234 g/mol. The minimum Gasteiger partial charge on any atom is -0.378 e. The lowest BCUT2D eigenvalue weighted by Crippen LogP contribution is -2.21. The molecule has 2 atom stereocenters. The molecule has 0 aliphatic carbocycles. The van der Waals surface area contributed by atoms with E-state index in [1.54, 1.807) is 0 Å². The van der Waals surface area contributed by atoms with Crippen molar-refractivity contribution in [2.24, 2.45) is 0 Å². The number of hydrogen-bond acceptors (Lipinski definition) is 3. The van der Waals surface area contributed by atoms with Gasteiger partial charge in [0.1, 0.15) is 0 Å². The zero-order valence-electron chi connectivity index (χ0n) is 10.6. The predicted molar refractivity (Wildman–Crippen MR) is 68.9 cm³/mol. The number of aromatic nitrogens is 1. The molecule has 1 aromatic rings. The summed E-state index contributed by atoms with van der Waals surface area (Å²) in [6, 6.07) is 4.54. The molecule has 1 aliphatic heterocycles. The van der Waals surface area contributed by atoms with Crippen molar-refractivity contribution in [2.45, 2.75) is 44.8 Å². The summed E-state index contributed by atoms with van der Waals surface area (Å²) in [6.07, 6.45) is 9.09. The highest BCUT2D eigenvalue weighted by Crippen LogP contribution is 2.17. The van der Waals surface area contributed by atoms with Crippen LogP contribution < -0.4 is 5.32 Å². The summed E-state index contributed by atoms with van der Waals surface area (Å²) in [7, 11) is 0. The van der Waals surface area contributed by atoms with Gasteiger partial charge in [-0.05, 0) is 56.8 Å². The zero-order chi connectivity index (χ0) is 11.9. The highest BCUT2D eigenvalue weighted by molar-refractivity contribution is 5.13. The Morgan fingerprint density at radius 2 is 2.29 bits per heavy atom. The number of pyridine rings is 1. The van der Waals surface area contributed by atoms with Crippen LogP contribution in [0.5, 0.6) is 0 Å². The van der Waals surface area contributed by atoms with E-state index in [9.17, 15) is 0 Å². The van der Waals surface area contributed by atoms with Crippen LogP contribution in [0.25, 0.3) is 0 Å². The Morgan fingerprint density at radius 1 is 1.47 bits per heavy atom. The van der Waals surface area contributed by atoms with Gasteiger partial charge in [0, 0.05) is 25.0 Å². The Balaban J connectivity index is 1.61.